The number of carboxylic acids is 1. The summed E-state index contributed by atoms with van der Waals surface area (Å²) in [5, 5.41) is 14.5. The first-order valence-electron chi connectivity index (χ1n) is 10.2. The predicted octanol–water partition coefficient (Wildman–Crippen LogP) is 3.40. The number of carbonyl (C=O) groups excluding carboxylic acids is 2. The largest absolute Gasteiger partial charge is 0.477 e. The van der Waals surface area contributed by atoms with Crippen molar-refractivity contribution in [2.45, 2.75) is 27.3 Å². The first kappa shape index (κ1) is 24.3. The molecule has 2 aromatic carbocycles. The maximum Gasteiger partial charge on any atom is 0.352 e. The van der Waals surface area contributed by atoms with Gasteiger partial charge in [-0.15, -0.1) is 0 Å². The number of hydrogen-bond donors (Lipinski definition) is 4. The standard InChI is InChI=1S/C24H22F2N4O4/c1-12-4-16(22(31)27-10-15-6-17(25)8-18(26)7-15)5-13(2)21(12)23(32)30-20(24(33)34)9-19-14(3)28-11-29-19/h4-9,11H,10H2,1-3H3,(H,27,31)(H,28,29)(H,30,32)(H,33,34). The van der Waals surface area contributed by atoms with E-state index < -0.39 is 29.4 Å². The summed E-state index contributed by atoms with van der Waals surface area (Å²) in [4.78, 5) is 43.8. The molecule has 8 nitrogen and oxygen atoms in total. The summed E-state index contributed by atoms with van der Waals surface area (Å²) in [6.45, 7) is 4.83. The first-order chi connectivity index (χ1) is 16.0. The van der Waals surface area contributed by atoms with Crippen LogP contribution in [0.2, 0.25) is 0 Å². The number of nitrogens with one attached hydrogen (secondary N) is 3. The summed E-state index contributed by atoms with van der Waals surface area (Å²) in [7, 11) is 0. The van der Waals surface area contributed by atoms with E-state index in [0.29, 0.717) is 22.5 Å². The minimum absolute atomic E-state index is 0.0897. The van der Waals surface area contributed by atoms with Crippen molar-refractivity contribution in [2.75, 3.05) is 0 Å². The van der Waals surface area contributed by atoms with Crippen molar-refractivity contribution in [1.82, 2.24) is 20.6 Å². The van der Waals surface area contributed by atoms with Crippen LogP contribution in [0.15, 0.2) is 42.4 Å². The molecule has 0 saturated heterocycles. The summed E-state index contributed by atoms with van der Waals surface area (Å²) < 4.78 is 26.7. The Labute approximate surface area is 193 Å². The molecule has 3 rings (SSSR count). The zero-order valence-corrected chi connectivity index (χ0v) is 18.6. The maximum atomic E-state index is 13.3. The molecule has 4 N–H and O–H groups in total. The predicted molar refractivity (Wildman–Crippen MR) is 120 cm³/mol. The first-order valence-corrected chi connectivity index (χ1v) is 10.2. The molecule has 0 saturated carbocycles. The summed E-state index contributed by atoms with van der Waals surface area (Å²) in [5.41, 5.74) is 2.27. The van der Waals surface area contributed by atoms with E-state index in [4.69, 9.17) is 0 Å². The smallest absolute Gasteiger partial charge is 0.352 e. The van der Waals surface area contributed by atoms with Gasteiger partial charge in [0.15, 0.2) is 0 Å². The highest BCUT2D eigenvalue weighted by atomic mass is 19.1. The number of rotatable bonds is 7. The molecule has 34 heavy (non-hydrogen) atoms. The number of aromatic amines is 1. The lowest BCUT2D eigenvalue weighted by Crippen LogP contribution is -2.29. The Bertz CT molecular complexity index is 1270. The van der Waals surface area contributed by atoms with Crippen LogP contribution in [0, 0.1) is 32.4 Å². The van der Waals surface area contributed by atoms with Gasteiger partial charge in [0.2, 0.25) is 0 Å². The SMILES string of the molecule is Cc1cc(C(=O)NCc2cc(F)cc(F)c2)cc(C)c1C(=O)NC(=Cc1[nH]cnc1C)C(=O)O. The lowest BCUT2D eigenvalue weighted by molar-refractivity contribution is -0.132. The Balaban J connectivity index is 1.78. The highest BCUT2D eigenvalue weighted by molar-refractivity contribution is 6.05. The van der Waals surface area contributed by atoms with Gasteiger partial charge in [-0.3, -0.25) is 9.59 Å². The number of aromatic nitrogens is 2. The number of carbonyl (C=O) groups is 3. The molecule has 10 heteroatoms. The number of nitrogens with zero attached hydrogens (tertiary/aromatic N) is 1. The van der Waals surface area contributed by atoms with Crippen molar-refractivity contribution in [2.24, 2.45) is 0 Å². The van der Waals surface area contributed by atoms with Gasteiger partial charge in [0, 0.05) is 23.7 Å². The van der Waals surface area contributed by atoms with Crippen LogP contribution in [0.1, 0.15) is 48.8 Å². The monoisotopic (exact) mass is 468 g/mol. The van der Waals surface area contributed by atoms with E-state index >= 15 is 0 Å². The topological polar surface area (TPSA) is 124 Å². The van der Waals surface area contributed by atoms with Crippen molar-refractivity contribution >= 4 is 23.9 Å². The van der Waals surface area contributed by atoms with Gasteiger partial charge >= 0.3 is 5.97 Å². The second-order valence-corrected chi connectivity index (χ2v) is 7.66. The quantitative estimate of drug-likeness (QED) is 0.396. The van der Waals surface area contributed by atoms with E-state index in [1.54, 1.807) is 20.8 Å². The Hall–Kier alpha value is -4.34. The fraction of sp³-hybridized carbons (Fsp3) is 0.167. The number of imidazole rings is 1. The van der Waals surface area contributed by atoms with E-state index in [2.05, 4.69) is 20.6 Å². The van der Waals surface area contributed by atoms with Gasteiger partial charge in [-0.1, -0.05) is 0 Å². The molecule has 3 aromatic rings. The molecule has 0 bridgehead atoms. The van der Waals surface area contributed by atoms with Gasteiger partial charge in [0.25, 0.3) is 11.8 Å². The molecule has 1 heterocycles. The second-order valence-electron chi connectivity index (χ2n) is 7.66. The van der Waals surface area contributed by atoms with Crippen molar-refractivity contribution < 1.29 is 28.3 Å². The summed E-state index contributed by atoms with van der Waals surface area (Å²) in [6, 6.07) is 5.93. The van der Waals surface area contributed by atoms with E-state index in [1.807, 2.05) is 0 Å². The van der Waals surface area contributed by atoms with Gasteiger partial charge in [-0.2, -0.15) is 0 Å². The lowest BCUT2D eigenvalue weighted by Gasteiger charge is -2.13. The number of hydrogen-bond acceptors (Lipinski definition) is 4. The van der Waals surface area contributed by atoms with Crippen LogP contribution in [0.3, 0.4) is 0 Å². The van der Waals surface area contributed by atoms with E-state index in [9.17, 15) is 28.3 Å². The molecular weight excluding hydrogens is 446 g/mol. The van der Waals surface area contributed by atoms with E-state index in [1.165, 1.54) is 24.5 Å². The zero-order valence-electron chi connectivity index (χ0n) is 18.6. The molecule has 0 atom stereocenters. The molecule has 0 aliphatic heterocycles. The number of aryl methyl sites for hydroxylation is 3. The number of carboxylic acid groups (broad SMARTS) is 1. The second kappa shape index (κ2) is 10.1. The Morgan fingerprint density at radius 3 is 2.15 bits per heavy atom. The average molecular weight is 468 g/mol. The van der Waals surface area contributed by atoms with Gasteiger partial charge < -0.3 is 20.7 Å². The molecular formula is C24H22F2N4O4. The number of H-pyrrole nitrogens is 1. The minimum atomic E-state index is -1.33. The molecule has 0 unspecified atom stereocenters. The average Bonchev–Trinajstić information content (AvgIpc) is 3.14. The van der Waals surface area contributed by atoms with Crippen LogP contribution < -0.4 is 10.6 Å². The Morgan fingerprint density at radius 1 is 1.00 bits per heavy atom. The third-order valence-electron chi connectivity index (χ3n) is 5.03. The zero-order chi connectivity index (χ0) is 25.0. The van der Waals surface area contributed by atoms with Crippen LogP contribution in [0.25, 0.3) is 6.08 Å². The third-order valence-corrected chi connectivity index (χ3v) is 5.03. The fourth-order valence-corrected chi connectivity index (χ4v) is 3.45. The van der Waals surface area contributed by atoms with E-state index in [-0.39, 0.29) is 28.9 Å². The molecule has 0 radical (unpaired) electrons. The third kappa shape index (κ3) is 5.71. The van der Waals surface area contributed by atoms with Crippen LogP contribution in [0.4, 0.5) is 8.78 Å². The summed E-state index contributed by atoms with van der Waals surface area (Å²) in [5.74, 6) is -3.97. The molecule has 0 spiro atoms. The number of aliphatic carboxylic acids is 1. The molecule has 0 aliphatic rings. The van der Waals surface area contributed by atoms with Crippen molar-refractivity contribution in [3.63, 3.8) is 0 Å². The Morgan fingerprint density at radius 2 is 1.62 bits per heavy atom. The maximum absolute atomic E-state index is 13.3. The molecule has 176 valence electrons. The highest BCUT2D eigenvalue weighted by Gasteiger charge is 2.20. The number of halogens is 2. The van der Waals surface area contributed by atoms with E-state index in [0.717, 1.165) is 18.2 Å². The van der Waals surface area contributed by atoms with Crippen molar-refractivity contribution in [3.05, 3.63) is 93.2 Å². The van der Waals surface area contributed by atoms with Crippen LogP contribution >= 0.6 is 0 Å². The summed E-state index contributed by atoms with van der Waals surface area (Å²) >= 11 is 0. The van der Waals surface area contributed by atoms with Crippen LogP contribution in [-0.2, 0) is 11.3 Å². The molecule has 2 amide bonds. The number of benzene rings is 2. The van der Waals surface area contributed by atoms with Crippen LogP contribution in [0.5, 0.6) is 0 Å². The normalized spacial score (nSPS) is 11.3. The van der Waals surface area contributed by atoms with Gasteiger partial charge in [-0.25, -0.2) is 18.6 Å². The Kier molecular flexibility index (Phi) is 7.20. The van der Waals surface area contributed by atoms with Crippen molar-refractivity contribution in [3.8, 4) is 0 Å². The van der Waals surface area contributed by atoms with Gasteiger partial charge in [-0.05, 0) is 67.8 Å². The molecule has 0 aliphatic carbocycles. The highest BCUT2D eigenvalue weighted by Crippen LogP contribution is 2.18. The fourth-order valence-electron chi connectivity index (χ4n) is 3.45. The molecule has 1 aromatic heterocycles. The minimum Gasteiger partial charge on any atom is -0.477 e. The van der Waals surface area contributed by atoms with Crippen LogP contribution in [-0.4, -0.2) is 32.9 Å². The van der Waals surface area contributed by atoms with Gasteiger partial charge in [0.1, 0.15) is 17.3 Å². The number of amides is 2. The lowest BCUT2D eigenvalue weighted by atomic mass is 9.98. The van der Waals surface area contributed by atoms with Crippen molar-refractivity contribution in [1.29, 1.82) is 0 Å². The summed E-state index contributed by atoms with van der Waals surface area (Å²) in [6.07, 6.45) is 2.68. The molecule has 0 fully saturated rings. The van der Waals surface area contributed by atoms with Gasteiger partial charge in [0.05, 0.1) is 17.7 Å².